The van der Waals surface area contributed by atoms with Crippen LogP contribution in [-0.2, 0) is 28.2 Å². The minimum absolute atomic E-state index is 0.0319. The van der Waals surface area contributed by atoms with Gasteiger partial charge in [0.2, 0.25) is 0 Å². The summed E-state index contributed by atoms with van der Waals surface area (Å²) in [6.45, 7) is 29.9. The van der Waals surface area contributed by atoms with Crippen LogP contribution in [0.25, 0.3) is 0 Å². The summed E-state index contributed by atoms with van der Waals surface area (Å²) in [4.78, 5) is 8.45. The lowest BCUT2D eigenvalue weighted by atomic mass is 9.33. The van der Waals surface area contributed by atoms with E-state index in [9.17, 15) is 0 Å². The fourth-order valence-corrected chi connectivity index (χ4v) is 15.4. The number of aryl methyl sites for hydroxylation is 3. The summed E-state index contributed by atoms with van der Waals surface area (Å²) in [6, 6.07) is 44.3. The standard InChI is InChI=1S/C59H66BN3Si/c1-37-18-17-20-41(30-37)61-50-31-38(2)22-24-47(50)60-48-36-43(64(10,11)12)35-46-54(48)63(58(8)28-16-15-27-56(46,58)6)52-34-42(33-51(61)53(52)60)62-49-25-23-40(55(3,4)5)32-45(49)57(7)29-26-39-19-13-14-21-44(39)59(57,62)9/h13-14,17-25,30-36H,15-16,26-29H2,1-12H3. The molecule has 4 aliphatic heterocycles. The molecule has 4 heterocycles. The highest BCUT2D eigenvalue weighted by atomic mass is 28.3. The van der Waals surface area contributed by atoms with Gasteiger partial charge in [-0.15, -0.1) is 0 Å². The van der Waals surface area contributed by atoms with Crippen molar-refractivity contribution in [3.63, 3.8) is 0 Å². The second-order valence-corrected chi connectivity index (χ2v) is 28.9. The molecule has 324 valence electrons. The van der Waals surface area contributed by atoms with Gasteiger partial charge in [-0.05, 0) is 151 Å². The van der Waals surface area contributed by atoms with Crippen LogP contribution >= 0.6 is 0 Å². The van der Waals surface area contributed by atoms with Gasteiger partial charge in [-0.25, -0.2) is 0 Å². The third-order valence-corrected chi connectivity index (χ3v) is 20.2. The first-order chi connectivity index (χ1) is 30.3. The minimum atomic E-state index is -1.71. The molecule has 0 amide bonds. The van der Waals surface area contributed by atoms with Gasteiger partial charge in [-0.3, -0.25) is 0 Å². The molecule has 0 aromatic heterocycles. The second kappa shape index (κ2) is 12.9. The van der Waals surface area contributed by atoms with Crippen molar-refractivity contribution in [2.75, 3.05) is 14.7 Å². The van der Waals surface area contributed by atoms with E-state index in [1.54, 1.807) is 10.8 Å². The zero-order valence-corrected chi connectivity index (χ0v) is 41.6. The number of fused-ring (bicyclic) bond motifs is 12. The second-order valence-electron chi connectivity index (χ2n) is 23.8. The molecule has 2 aliphatic carbocycles. The molecule has 0 saturated heterocycles. The van der Waals surface area contributed by atoms with E-state index in [0.717, 1.165) is 12.8 Å². The number of rotatable bonds is 3. The molecule has 0 N–H and O–H groups in total. The van der Waals surface area contributed by atoms with Crippen LogP contribution in [0.2, 0.25) is 19.6 Å². The lowest BCUT2D eigenvalue weighted by Gasteiger charge is -2.54. The lowest BCUT2D eigenvalue weighted by Crippen LogP contribution is -2.65. The quantitative estimate of drug-likeness (QED) is 0.164. The Morgan fingerprint density at radius 2 is 1.33 bits per heavy atom. The van der Waals surface area contributed by atoms with Crippen LogP contribution in [0.3, 0.4) is 0 Å². The first-order valence-corrected chi connectivity index (χ1v) is 28.0. The zero-order chi connectivity index (χ0) is 44.7. The van der Waals surface area contributed by atoms with Crippen molar-refractivity contribution in [3.05, 3.63) is 148 Å². The first-order valence-electron chi connectivity index (χ1n) is 24.5. The van der Waals surface area contributed by atoms with Crippen LogP contribution in [-0.4, -0.2) is 20.3 Å². The van der Waals surface area contributed by atoms with E-state index in [1.807, 2.05) is 0 Å². The lowest BCUT2D eigenvalue weighted by molar-refractivity contribution is 0.195. The Bertz CT molecular complexity index is 3010. The normalized spacial score (nSPS) is 25.9. The fraction of sp³-hybridized carbons (Fsp3) is 0.390. The van der Waals surface area contributed by atoms with E-state index in [-0.39, 0.29) is 34.0 Å². The smallest absolute Gasteiger partial charge is 0.252 e. The topological polar surface area (TPSA) is 9.72 Å². The molecular formula is C59H66BN3Si. The van der Waals surface area contributed by atoms with Gasteiger partial charge >= 0.3 is 0 Å². The molecule has 6 aromatic rings. The maximum absolute atomic E-state index is 2.95. The molecule has 12 rings (SSSR count). The van der Waals surface area contributed by atoms with Crippen LogP contribution in [0.5, 0.6) is 0 Å². The van der Waals surface area contributed by atoms with Crippen molar-refractivity contribution >= 4 is 76.2 Å². The Morgan fingerprint density at radius 3 is 2.09 bits per heavy atom. The molecule has 6 aliphatic rings. The Hall–Kier alpha value is -5.00. The average Bonchev–Trinajstić information content (AvgIpc) is 3.59. The van der Waals surface area contributed by atoms with Gasteiger partial charge in [0.1, 0.15) is 0 Å². The summed E-state index contributed by atoms with van der Waals surface area (Å²) in [6.07, 6.45) is 7.16. The van der Waals surface area contributed by atoms with E-state index in [4.69, 9.17) is 0 Å². The zero-order valence-electron chi connectivity index (χ0n) is 40.6. The van der Waals surface area contributed by atoms with Crippen LogP contribution < -0.4 is 36.3 Å². The van der Waals surface area contributed by atoms with Crippen molar-refractivity contribution in [1.29, 1.82) is 0 Å². The van der Waals surface area contributed by atoms with Crippen molar-refractivity contribution in [2.24, 2.45) is 0 Å². The van der Waals surface area contributed by atoms with Gasteiger partial charge in [0.25, 0.3) is 6.71 Å². The predicted molar refractivity (Wildman–Crippen MR) is 278 cm³/mol. The Kier molecular flexibility index (Phi) is 8.15. The van der Waals surface area contributed by atoms with Crippen LogP contribution in [0.4, 0.5) is 39.8 Å². The molecule has 0 spiro atoms. The number of anilines is 7. The highest BCUT2D eigenvalue weighted by molar-refractivity contribution is 7.01. The fourth-order valence-electron chi connectivity index (χ4n) is 14.2. The molecule has 6 aromatic carbocycles. The van der Waals surface area contributed by atoms with Gasteiger partial charge in [0, 0.05) is 50.6 Å². The van der Waals surface area contributed by atoms with E-state index in [2.05, 4.69) is 206 Å². The predicted octanol–water partition coefficient (Wildman–Crippen LogP) is 12.8. The largest absolute Gasteiger partial charge is 0.335 e. The summed E-state index contributed by atoms with van der Waals surface area (Å²) >= 11 is 0. The Balaban J connectivity index is 1.23. The molecule has 0 radical (unpaired) electrons. The third kappa shape index (κ3) is 5.00. The molecular weight excluding hydrogens is 790 g/mol. The van der Waals surface area contributed by atoms with Gasteiger partial charge < -0.3 is 14.7 Å². The summed E-state index contributed by atoms with van der Waals surface area (Å²) in [5.74, 6) is 0. The van der Waals surface area contributed by atoms with Gasteiger partial charge in [0.05, 0.1) is 19.2 Å². The van der Waals surface area contributed by atoms with E-state index in [0.29, 0.717) is 0 Å². The Morgan fingerprint density at radius 1 is 0.578 bits per heavy atom. The molecule has 64 heavy (non-hydrogen) atoms. The molecule has 0 bridgehead atoms. The average molecular weight is 856 g/mol. The summed E-state index contributed by atoms with van der Waals surface area (Å²) in [7, 11) is -1.71. The number of nitrogens with zero attached hydrogens (tertiary/aromatic N) is 3. The van der Waals surface area contributed by atoms with Gasteiger partial charge in [-0.1, -0.05) is 145 Å². The molecule has 3 nitrogen and oxygen atoms in total. The first kappa shape index (κ1) is 40.5. The van der Waals surface area contributed by atoms with E-state index < -0.39 is 8.07 Å². The SMILES string of the molecule is Cc1cccc(N2c3cc(C)ccc3B3c4cc([Si](C)(C)C)cc5c4N(c4cc(N6c7ccc(C(C)(C)C)cc7C7(C)CCc8ccccc8C67C)cc2c43)C2(C)CCCCC52C)c1. The monoisotopic (exact) mass is 856 g/mol. The number of benzene rings is 6. The van der Waals surface area contributed by atoms with Crippen molar-refractivity contribution < 1.29 is 0 Å². The Labute approximate surface area is 385 Å². The number of hydrogen-bond acceptors (Lipinski definition) is 3. The van der Waals surface area contributed by atoms with Crippen LogP contribution in [0.15, 0.2) is 109 Å². The van der Waals surface area contributed by atoms with Crippen molar-refractivity contribution in [2.45, 2.75) is 148 Å². The molecule has 1 saturated carbocycles. The summed E-state index contributed by atoms with van der Waals surface area (Å²) in [5, 5.41) is 1.60. The van der Waals surface area contributed by atoms with Crippen LogP contribution in [0.1, 0.15) is 120 Å². The van der Waals surface area contributed by atoms with Gasteiger partial charge in [-0.2, -0.15) is 0 Å². The van der Waals surface area contributed by atoms with Gasteiger partial charge in [0.15, 0.2) is 0 Å². The number of hydrogen-bond donors (Lipinski definition) is 0. The summed E-state index contributed by atoms with van der Waals surface area (Å²) in [5.41, 5.74) is 23.5. The summed E-state index contributed by atoms with van der Waals surface area (Å²) < 4.78 is 0. The van der Waals surface area contributed by atoms with Crippen molar-refractivity contribution in [1.82, 2.24) is 0 Å². The maximum atomic E-state index is 2.95. The highest BCUT2D eigenvalue weighted by Gasteiger charge is 2.63. The third-order valence-electron chi connectivity index (χ3n) is 18.2. The van der Waals surface area contributed by atoms with Crippen LogP contribution in [0, 0.1) is 13.8 Å². The minimum Gasteiger partial charge on any atom is -0.335 e. The highest BCUT2D eigenvalue weighted by Crippen LogP contribution is 2.66. The molecule has 5 heteroatoms. The molecule has 4 unspecified atom stereocenters. The molecule has 1 fully saturated rings. The molecule has 4 atom stereocenters. The van der Waals surface area contributed by atoms with Crippen molar-refractivity contribution in [3.8, 4) is 0 Å². The van der Waals surface area contributed by atoms with E-state index in [1.165, 1.54) is 115 Å². The van der Waals surface area contributed by atoms with E-state index >= 15 is 0 Å². The maximum Gasteiger partial charge on any atom is 0.252 e.